The molecule has 1 saturated carbocycles. The Balaban J connectivity index is 2.78. The van der Waals surface area contributed by atoms with Crippen molar-refractivity contribution in [2.24, 2.45) is 5.92 Å². The molecule has 0 radical (unpaired) electrons. The van der Waals surface area contributed by atoms with Crippen molar-refractivity contribution in [1.82, 2.24) is 5.32 Å². The Labute approximate surface area is 83.1 Å². The monoisotopic (exact) mass is 209 g/mol. The molecule has 84 valence electrons. The summed E-state index contributed by atoms with van der Waals surface area (Å²) in [4.78, 5) is 0. The molecule has 1 aliphatic carbocycles. The number of nitrogens with one attached hydrogen (secondary N) is 1. The number of hydrogen-bond donors (Lipinski definition) is 1. The van der Waals surface area contributed by atoms with Crippen LogP contribution in [0.4, 0.5) is 13.2 Å². The molecule has 0 aromatic heterocycles. The molecule has 2 unspecified atom stereocenters. The van der Waals surface area contributed by atoms with Gasteiger partial charge in [0.15, 0.2) is 0 Å². The number of rotatable bonds is 2. The average molecular weight is 209 g/mol. The van der Waals surface area contributed by atoms with Gasteiger partial charge in [-0.2, -0.15) is 13.2 Å². The van der Waals surface area contributed by atoms with Gasteiger partial charge in [0.2, 0.25) is 0 Å². The lowest BCUT2D eigenvalue weighted by atomic mass is 9.74. The van der Waals surface area contributed by atoms with Gasteiger partial charge in [-0.1, -0.05) is 26.2 Å². The van der Waals surface area contributed by atoms with Crippen molar-refractivity contribution in [3.8, 4) is 0 Å². The zero-order chi connectivity index (χ0) is 10.8. The van der Waals surface area contributed by atoms with E-state index >= 15 is 0 Å². The minimum atomic E-state index is -4.12. The first-order chi connectivity index (χ1) is 6.45. The van der Waals surface area contributed by atoms with Crippen LogP contribution in [0.1, 0.15) is 39.0 Å². The highest BCUT2D eigenvalue weighted by molar-refractivity contribution is 4.98. The van der Waals surface area contributed by atoms with E-state index in [1.165, 1.54) is 7.05 Å². The van der Waals surface area contributed by atoms with Gasteiger partial charge in [-0.3, -0.25) is 0 Å². The second-order valence-electron chi connectivity index (χ2n) is 4.20. The average Bonchev–Trinajstić information content (AvgIpc) is 2.16. The molecule has 0 aromatic carbocycles. The molecule has 1 N–H and O–H groups in total. The fraction of sp³-hybridized carbons (Fsp3) is 1.00. The number of halogens is 3. The first-order valence-corrected chi connectivity index (χ1v) is 5.21. The van der Waals surface area contributed by atoms with Gasteiger partial charge in [-0.25, -0.2) is 0 Å². The van der Waals surface area contributed by atoms with E-state index in [4.69, 9.17) is 0 Å². The summed E-state index contributed by atoms with van der Waals surface area (Å²) in [7, 11) is 1.42. The van der Waals surface area contributed by atoms with E-state index in [1.54, 1.807) is 0 Å². The van der Waals surface area contributed by atoms with Crippen LogP contribution in [0.5, 0.6) is 0 Å². The van der Waals surface area contributed by atoms with Crippen LogP contribution in [0.2, 0.25) is 0 Å². The van der Waals surface area contributed by atoms with Crippen molar-refractivity contribution in [2.75, 3.05) is 7.05 Å². The summed E-state index contributed by atoms with van der Waals surface area (Å²) in [6.07, 6.45) is -1.18. The Morgan fingerprint density at radius 3 is 2.50 bits per heavy atom. The Morgan fingerprint density at radius 1 is 1.43 bits per heavy atom. The van der Waals surface area contributed by atoms with Crippen molar-refractivity contribution in [1.29, 1.82) is 0 Å². The van der Waals surface area contributed by atoms with Gasteiger partial charge in [0, 0.05) is 0 Å². The van der Waals surface area contributed by atoms with Gasteiger partial charge >= 0.3 is 6.18 Å². The lowest BCUT2D eigenvalue weighted by Crippen LogP contribution is -2.57. The smallest absolute Gasteiger partial charge is 0.307 e. The SMILES string of the molecule is CCC1CCCC(NC)(C(F)(F)F)C1. The van der Waals surface area contributed by atoms with Gasteiger partial charge in [0.05, 0.1) is 0 Å². The van der Waals surface area contributed by atoms with Crippen LogP contribution in [-0.2, 0) is 0 Å². The second-order valence-corrected chi connectivity index (χ2v) is 4.20. The van der Waals surface area contributed by atoms with Crippen LogP contribution in [0.15, 0.2) is 0 Å². The molecular formula is C10H18F3N. The minimum absolute atomic E-state index is 0.220. The predicted octanol–water partition coefficient (Wildman–Crippen LogP) is 3.11. The maximum atomic E-state index is 12.8. The van der Waals surface area contributed by atoms with E-state index in [0.717, 1.165) is 12.8 Å². The molecule has 1 rings (SSSR count). The molecule has 1 nitrogen and oxygen atoms in total. The van der Waals surface area contributed by atoms with E-state index in [2.05, 4.69) is 5.32 Å². The molecule has 0 saturated heterocycles. The largest absolute Gasteiger partial charge is 0.406 e. The topological polar surface area (TPSA) is 12.0 Å². The molecule has 1 aliphatic rings. The van der Waals surface area contributed by atoms with Crippen molar-refractivity contribution in [2.45, 2.75) is 50.7 Å². The van der Waals surface area contributed by atoms with Gasteiger partial charge in [-0.05, 0) is 25.8 Å². The molecule has 0 aliphatic heterocycles. The molecule has 1 fully saturated rings. The normalized spacial score (nSPS) is 34.5. The zero-order valence-corrected chi connectivity index (χ0v) is 8.75. The van der Waals surface area contributed by atoms with Crippen molar-refractivity contribution in [3.05, 3.63) is 0 Å². The molecule has 0 bridgehead atoms. The van der Waals surface area contributed by atoms with E-state index in [0.29, 0.717) is 6.42 Å². The maximum absolute atomic E-state index is 12.8. The molecule has 4 heteroatoms. The highest BCUT2D eigenvalue weighted by atomic mass is 19.4. The summed E-state index contributed by atoms with van der Waals surface area (Å²) in [5.41, 5.74) is -1.62. The molecule has 2 atom stereocenters. The summed E-state index contributed by atoms with van der Waals surface area (Å²) < 4.78 is 38.5. The second kappa shape index (κ2) is 4.09. The predicted molar refractivity (Wildman–Crippen MR) is 50.1 cm³/mol. The fourth-order valence-electron chi connectivity index (χ4n) is 2.36. The van der Waals surface area contributed by atoms with Crippen molar-refractivity contribution >= 4 is 0 Å². The minimum Gasteiger partial charge on any atom is -0.307 e. The van der Waals surface area contributed by atoms with E-state index in [1.807, 2.05) is 6.92 Å². The molecule has 0 amide bonds. The lowest BCUT2D eigenvalue weighted by molar-refractivity contribution is -0.208. The van der Waals surface area contributed by atoms with Gasteiger partial charge in [0.25, 0.3) is 0 Å². The Hall–Kier alpha value is -0.250. The molecular weight excluding hydrogens is 191 g/mol. The molecule has 0 aromatic rings. The third kappa shape index (κ3) is 2.05. The summed E-state index contributed by atoms with van der Waals surface area (Å²) >= 11 is 0. The van der Waals surface area contributed by atoms with Crippen LogP contribution in [0.3, 0.4) is 0 Å². The third-order valence-corrected chi connectivity index (χ3v) is 3.45. The Kier molecular flexibility index (Phi) is 3.45. The van der Waals surface area contributed by atoms with E-state index in [9.17, 15) is 13.2 Å². The van der Waals surface area contributed by atoms with Gasteiger partial charge < -0.3 is 5.32 Å². The van der Waals surface area contributed by atoms with Gasteiger partial charge in [0.1, 0.15) is 5.54 Å². The summed E-state index contributed by atoms with van der Waals surface area (Å²) in [5.74, 6) is 0.220. The molecule has 0 heterocycles. The number of alkyl halides is 3. The molecule has 14 heavy (non-hydrogen) atoms. The Bertz CT molecular complexity index is 190. The standard InChI is InChI=1S/C10H18F3N/c1-3-8-5-4-6-9(7-8,14-2)10(11,12)13/h8,14H,3-7H2,1-2H3. The quantitative estimate of drug-likeness (QED) is 0.736. The summed E-state index contributed by atoms with van der Waals surface area (Å²) in [6, 6.07) is 0. The maximum Gasteiger partial charge on any atom is 0.406 e. The lowest BCUT2D eigenvalue weighted by Gasteiger charge is -2.41. The summed E-state index contributed by atoms with van der Waals surface area (Å²) in [5, 5.41) is 2.50. The first kappa shape index (κ1) is 11.8. The number of hydrogen-bond acceptors (Lipinski definition) is 1. The van der Waals surface area contributed by atoms with Crippen LogP contribution in [-0.4, -0.2) is 18.8 Å². The van der Waals surface area contributed by atoms with Gasteiger partial charge in [-0.15, -0.1) is 0 Å². The highest BCUT2D eigenvalue weighted by Crippen LogP contribution is 2.44. The van der Waals surface area contributed by atoms with E-state index < -0.39 is 11.7 Å². The van der Waals surface area contributed by atoms with E-state index in [-0.39, 0.29) is 18.8 Å². The third-order valence-electron chi connectivity index (χ3n) is 3.45. The van der Waals surface area contributed by atoms with Crippen molar-refractivity contribution < 1.29 is 13.2 Å². The zero-order valence-electron chi connectivity index (χ0n) is 8.75. The van der Waals surface area contributed by atoms with Crippen molar-refractivity contribution in [3.63, 3.8) is 0 Å². The summed E-state index contributed by atoms with van der Waals surface area (Å²) in [6.45, 7) is 1.97. The molecule has 0 spiro atoms. The first-order valence-electron chi connectivity index (χ1n) is 5.21. The highest BCUT2D eigenvalue weighted by Gasteiger charge is 2.55. The van der Waals surface area contributed by atoms with Crippen LogP contribution < -0.4 is 5.32 Å². The van der Waals surface area contributed by atoms with Crippen LogP contribution >= 0.6 is 0 Å². The fourth-order valence-corrected chi connectivity index (χ4v) is 2.36. The van der Waals surface area contributed by atoms with Crippen LogP contribution in [0, 0.1) is 5.92 Å². The van der Waals surface area contributed by atoms with Crippen LogP contribution in [0.25, 0.3) is 0 Å². The Morgan fingerprint density at radius 2 is 2.07 bits per heavy atom.